The molecule has 3 rings (SSSR count). The zero-order valence-electron chi connectivity index (χ0n) is 10.3. The summed E-state index contributed by atoms with van der Waals surface area (Å²) in [6, 6.07) is 15.3. The minimum absolute atomic E-state index is 0.323. The lowest BCUT2D eigenvalue weighted by Gasteiger charge is -2.00. The summed E-state index contributed by atoms with van der Waals surface area (Å²) in [5.74, 6) is -0.323. The molecule has 0 saturated heterocycles. The maximum absolute atomic E-state index is 11.4. The Labute approximate surface area is 114 Å². The number of fused-ring (bicyclic) bond motifs is 1. The predicted octanol–water partition coefficient (Wildman–Crippen LogP) is 3.75. The third-order valence-electron chi connectivity index (χ3n) is 2.85. The van der Waals surface area contributed by atoms with Crippen LogP contribution in [0.2, 0.25) is 0 Å². The predicted molar refractivity (Wildman–Crippen MR) is 76.4 cm³/mol. The average molecular weight is 269 g/mol. The molecule has 0 radical (unpaired) electrons. The second-order valence-corrected chi connectivity index (χ2v) is 5.09. The smallest absolute Gasteiger partial charge is 0.337 e. The first kappa shape index (κ1) is 11.9. The third-order valence-corrected chi connectivity index (χ3v) is 3.93. The van der Waals surface area contributed by atoms with Crippen LogP contribution in [0.5, 0.6) is 0 Å². The Kier molecular flexibility index (Phi) is 3.01. The fourth-order valence-corrected chi connectivity index (χ4v) is 2.83. The van der Waals surface area contributed by atoms with Crippen molar-refractivity contribution in [1.29, 1.82) is 0 Å². The van der Waals surface area contributed by atoms with Gasteiger partial charge in [0.25, 0.3) is 0 Å². The number of carbonyl (C=O) groups is 1. The monoisotopic (exact) mass is 269 g/mol. The van der Waals surface area contributed by atoms with Crippen LogP contribution < -0.4 is 0 Å². The van der Waals surface area contributed by atoms with Crippen LogP contribution in [0, 0.1) is 0 Å². The molecule has 94 valence electrons. The molecule has 0 atom stereocenters. The number of hydrogen-bond donors (Lipinski definition) is 0. The molecule has 0 aliphatic heterocycles. The highest BCUT2D eigenvalue weighted by molar-refractivity contribution is 7.21. The van der Waals surface area contributed by atoms with E-state index in [4.69, 9.17) is 0 Å². The first-order valence-corrected chi connectivity index (χ1v) is 6.64. The van der Waals surface area contributed by atoms with Crippen LogP contribution in [-0.4, -0.2) is 18.1 Å². The first-order chi connectivity index (χ1) is 9.28. The van der Waals surface area contributed by atoms with E-state index < -0.39 is 0 Å². The van der Waals surface area contributed by atoms with Gasteiger partial charge in [-0.1, -0.05) is 24.3 Å². The molecule has 2 aromatic carbocycles. The first-order valence-electron chi connectivity index (χ1n) is 5.82. The second kappa shape index (κ2) is 4.82. The lowest BCUT2D eigenvalue weighted by molar-refractivity contribution is 0.0601. The maximum atomic E-state index is 11.4. The van der Waals surface area contributed by atoms with E-state index in [1.54, 1.807) is 23.5 Å². The molecule has 1 heterocycles. The minimum atomic E-state index is -0.323. The number of para-hydroxylation sites is 1. The van der Waals surface area contributed by atoms with Crippen LogP contribution >= 0.6 is 11.3 Å². The highest BCUT2D eigenvalue weighted by Gasteiger charge is 2.08. The Morgan fingerprint density at radius 2 is 1.84 bits per heavy atom. The zero-order valence-corrected chi connectivity index (χ0v) is 11.1. The number of methoxy groups -OCH3 is 1. The molecular formula is C15H11NO2S. The summed E-state index contributed by atoms with van der Waals surface area (Å²) in [6.45, 7) is 0. The van der Waals surface area contributed by atoms with Gasteiger partial charge in [-0.3, -0.25) is 0 Å². The van der Waals surface area contributed by atoms with Crippen molar-refractivity contribution in [2.75, 3.05) is 7.11 Å². The standard InChI is InChI=1S/C15H11NO2S/c1-18-15(17)11-8-6-10(7-9-11)14-16-12-4-2-3-5-13(12)19-14/h2-9H,1H3. The quantitative estimate of drug-likeness (QED) is 0.665. The van der Waals surface area contributed by atoms with Crippen LogP contribution in [0.1, 0.15) is 10.4 Å². The lowest BCUT2D eigenvalue weighted by atomic mass is 10.1. The fourth-order valence-electron chi connectivity index (χ4n) is 1.86. The van der Waals surface area contributed by atoms with Gasteiger partial charge in [0.15, 0.2) is 0 Å². The lowest BCUT2D eigenvalue weighted by Crippen LogP contribution is -2.00. The molecule has 1 aromatic heterocycles. The van der Waals surface area contributed by atoms with E-state index in [9.17, 15) is 4.79 Å². The molecule has 0 bridgehead atoms. The van der Waals surface area contributed by atoms with Crippen LogP contribution in [0.25, 0.3) is 20.8 Å². The van der Waals surface area contributed by atoms with Crippen molar-refractivity contribution >= 4 is 27.5 Å². The maximum Gasteiger partial charge on any atom is 0.337 e. The Hall–Kier alpha value is -2.20. The summed E-state index contributed by atoms with van der Waals surface area (Å²) in [5.41, 5.74) is 2.56. The molecule has 0 aliphatic carbocycles. The molecule has 3 nitrogen and oxygen atoms in total. The van der Waals surface area contributed by atoms with Crippen molar-refractivity contribution < 1.29 is 9.53 Å². The van der Waals surface area contributed by atoms with E-state index in [0.29, 0.717) is 5.56 Å². The van der Waals surface area contributed by atoms with Crippen molar-refractivity contribution in [1.82, 2.24) is 4.98 Å². The van der Waals surface area contributed by atoms with E-state index in [1.165, 1.54) is 7.11 Å². The molecule has 0 spiro atoms. The highest BCUT2D eigenvalue weighted by Crippen LogP contribution is 2.29. The molecule has 0 amide bonds. The summed E-state index contributed by atoms with van der Waals surface area (Å²) in [7, 11) is 1.38. The van der Waals surface area contributed by atoms with Crippen LogP contribution in [-0.2, 0) is 4.74 Å². The Morgan fingerprint density at radius 3 is 2.53 bits per heavy atom. The number of thiazole rings is 1. The van der Waals surface area contributed by atoms with Gasteiger partial charge in [-0.2, -0.15) is 0 Å². The molecule has 0 aliphatic rings. The van der Waals surface area contributed by atoms with Gasteiger partial charge in [-0.05, 0) is 24.3 Å². The third kappa shape index (κ3) is 2.22. The number of nitrogens with zero attached hydrogens (tertiary/aromatic N) is 1. The van der Waals surface area contributed by atoms with Gasteiger partial charge in [0.1, 0.15) is 5.01 Å². The van der Waals surface area contributed by atoms with Crippen molar-refractivity contribution in [3.63, 3.8) is 0 Å². The van der Waals surface area contributed by atoms with E-state index >= 15 is 0 Å². The Balaban J connectivity index is 1.99. The van der Waals surface area contributed by atoms with Crippen LogP contribution in [0.4, 0.5) is 0 Å². The normalized spacial score (nSPS) is 10.6. The topological polar surface area (TPSA) is 39.2 Å². The number of rotatable bonds is 2. The van der Waals surface area contributed by atoms with Gasteiger partial charge in [-0.15, -0.1) is 11.3 Å². The van der Waals surface area contributed by atoms with Crippen molar-refractivity contribution in [3.05, 3.63) is 54.1 Å². The number of benzene rings is 2. The van der Waals surface area contributed by atoms with Gasteiger partial charge >= 0.3 is 5.97 Å². The molecule has 4 heteroatoms. The number of esters is 1. The molecule has 3 aromatic rings. The number of hydrogen-bond acceptors (Lipinski definition) is 4. The molecule has 0 saturated carbocycles. The van der Waals surface area contributed by atoms with Gasteiger partial charge in [0.05, 0.1) is 22.9 Å². The largest absolute Gasteiger partial charge is 0.465 e. The molecule has 0 unspecified atom stereocenters. The Morgan fingerprint density at radius 1 is 1.11 bits per heavy atom. The highest BCUT2D eigenvalue weighted by atomic mass is 32.1. The van der Waals surface area contributed by atoms with Crippen LogP contribution in [0.15, 0.2) is 48.5 Å². The van der Waals surface area contributed by atoms with Crippen molar-refractivity contribution in [2.45, 2.75) is 0 Å². The van der Waals surface area contributed by atoms with E-state index in [1.807, 2.05) is 30.3 Å². The molecule has 19 heavy (non-hydrogen) atoms. The number of carbonyl (C=O) groups excluding carboxylic acids is 1. The average Bonchev–Trinajstić information content (AvgIpc) is 2.90. The number of ether oxygens (including phenoxy) is 1. The van der Waals surface area contributed by atoms with Gasteiger partial charge < -0.3 is 4.74 Å². The molecule has 0 N–H and O–H groups in total. The van der Waals surface area contributed by atoms with Gasteiger partial charge in [0, 0.05) is 5.56 Å². The summed E-state index contributed by atoms with van der Waals surface area (Å²) in [6.07, 6.45) is 0. The van der Waals surface area contributed by atoms with E-state index in [2.05, 4.69) is 15.8 Å². The van der Waals surface area contributed by atoms with Crippen LogP contribution in [0.3, 0.4) is 0 Å². The minimum Gasteiger partial charge on any atom is -0.465 e. The molecule has 0 fully saturated rings. The van der Waals surface area contributed by atoms with Crippen molar-refractivity contribution in [3.8, 4) is 10.6 Å². The second-order valence-electron chi connectivity index (χ2n) is 4.06. The van der Waals surface area contributed by atoms with E-state index in [-0.39, 0.29) is 5.97 Å². The van der Waals surface area contributed by atoms with Gasteiger partial charge in [-0.25, -0.2) is 9.78 Å². The summed E-state index contributed by atoms with van der Waals surface area (Å²) >= 11 is 1.64. The summed E-state index contributed by atoms with van der Waals surface area (Å²) in [4.78, 5) is 15.9. The SMILES string of the molecule is COC(=O)c1ccc(-c2nc3ccccc3s2)cc1. The number of aromatic nitrogens is 1. The van der Waals surface area contributed by atoms with Crippen molar-refractivity contribution in [2.24, 2.45) is 0 Å². The fraction of sp³-hybridized carbons (Fsp3) is 0.0667. The summed E-state index contributed by atoms with van der Waals surface area (Å²) in [5, 5.41) is 0.956. The Bertz CT molecular complexity index is 698. The molecular weight excluding hydrogens is 258 g/mol. The zero-order chi connectivity index (χ0) is 13.2. The van der Waals surface area contributed by atoms with Gasteiger partial charge in [0.2, 0.25) is 0 Å². The van der Waals surface area contributed by atoms with E-state index in [0.717, 1.165) is 20.8 Å². The summed E-state index contributed by atoms with van der Waals surface area (Å²) < 4.78 is 5.84.